The number of amides is 1. The van der Waals surface area contributed by atoms with Gasteiger partial charge in [-0.25, -0.2) is 0 Å². The monoisotopic (exact) mass is 370 g/mol. The number of piperazine rings is 1. The maximum absolute atomic E-state index is 11.5. The molecule has 6 heteroatoms. The van der Waals surface area contributed by atoms with Crippen molar-refractivity contribution in [1.82, 2.24) is 10.2 Å². The van der Waals surface area contributed by atoms with Crippen molar-refractivity contribution in [2.75, 3.05) is 37.6 Å². The smallest absolute Gasteiger partial charge is 0.234 e. The van der Waals surface area contributed by atoms with Gasteiger partial charge >= 0.3 is 0 Å². The largest absolute Gasteiger partial charge is 0.508 e. The second kappa shape index (κ2) is 9.61. The number of nitriles is 1. The highest BCUT2D eigenvalue weighted by atomic mass is 16.3. The molecule has 6 nitrogen and oxygen atoms in total. The third kappa shape index (κ3) is 5.86. The number of carbonyl (C=O) groups excluding carboxylic acids is 1. The number of nitrogens with zero attached hydrogens (tertiary/aromatic N) is 3. The summed E-state index contributed by atoms with van der Waals surface area (Å²) in [5.74, 6) is 0.943. The standard InChI is InChI=1S/C21H30N4O2/c22-10-8-21(27)23-18-6-4-17(5-7-18)9-11-24-12-14-25(15-13-24)19-2-1-3-20(26)16-19/h1-3,16-18,26H,4-9,11-15H2,(H,23,27). The molecule has 1 saturated carbocycles. The van der Waals surface area contributed by atoms with E-state index in [-0.39, 0.29) is 18.4 Å². The van der Waals surface area contributed by atoms with Crippen molar-refractivity contribution in [3.8, 4) is 11.8 Å². The van der Waals surface area contributed by atoms with Crippen LogP contribution >= 0.6 is 0 Å². The molecule has 2 N–H and O–H groups in total. The van der Waals surface area contributed by atoms with Gasteiger partial charge in [-0.15, -0.1) is 0 Å². The van der Waals surface area contributed by atoms with Crippen LogP contribution in [0.3, 0.4) is 0 Å². The SMILES string of the molecule is N#CCC(=O)NC1CCC(CCN2CCN(c3cccc(O)c3)CC2)CC1. The van der Waals surface area contributed by atoms with Gasteiger partial charge < -0.3 is 15.3 Å². The van der Waals surface area contributed by atoms with Gasteiger partial charge in [0.25, 0.3) is 0 Å². The topological polar surface area (TPSA) is 79.6 Å². The Morgan fingerprint density at radius 1 is 1.19 bits per heavy atom. The van der Waals surface area contributed by atoms with Crippen molar-refractivity contribution in [2.45, 2.75) is 44.6 Å². The molecule has 2 aliphatic rings. The Morgan fingerprint density at radius 3 is 2.59 bits per heavy atom. The first-order chi connectivity index (χ1) is 13.1. The summed E-state index contributed by atoms with van der Waals surface area (Å²) < 4.78 is 0. The molecular formula is C21H30N4O2. The summed E-state index contributed by atoms with van der Waals surface area (Å²) in [5.41, 5.74) is 1.10. The minimum absolute atomic E-state index is 0.0332. The van der Waals surface area contributed by atoms with E-state index in [1.165, 1.54) is 19.3 Å². The first-order valence-electron chi connectivity index (χ1n) is 10.1. The third-order valence-corrected chi connectivity index (χ3v) is 5.87. The van der Waals surface area contributed by atoms with E-state index in [0.29, 0.717) is 5.75 Å². The number of nitrogens with one attached hydrogen (secondary N) is 1. The lowest BCUT2D eigenvalue weighted by Crippen LogP contribution is -2.47. The lowest BCUT2D eigenvalue weighted by atomic mass is 9.84. The van der Waals surface area contributed by atoms with Gasteiger partial charge in [0.15, 0.2) is 0 Å². The number of phenolic OH excluding ortho intramolecular Hbond substituents is 1. The Morgan fingerprint density at radius 2 is 1.93 bits per heavy atom. The van der Waals surface area contributed by atoms with Gasteiger partial charge in [0.05, 0.1) is 6.07 Å². The Bertz CT molecular complexity index is 656. The Hall–Kier alpha value is -2.26. The molecule has 0 atom stereocenters. The highest BCUT2D eigenvalue weighted by Gasteiger charge is 2.24. The van der Waals surface area contributed by atoms with Gasteiger partial charge in [0, 0.05) is 44.0 Å². The van der Waals surface area contributed by atoms with Crippen LogP contribution in [0.2, 0.25) is 0 Å². The van der Waals surface area contributed by atoms with E-state index >= 15 is 0 Å². The van der Waals surface area contributed by atoms with Crippen LogP contribution in [0.4, 0.5) is 5.69 Å². The molecule has 1 aliphatic heterocycles. The molecule has 1 amide bonds. The van der Waals surface area contributed by atoms with Crippen molar-refractivity contribution in [3.63, 3.8) is 0 Å². The van der Waals surface area contributed by atoms with Crippen LogP contribution in [0.5, 0.6) is 5.75 Å². The average Bonchev–Trinajstić information content (AvgIpc) is 2.68. The molecule has 0 bridgehead atoms. The summed E-state index contributed by atoms with van der Waals surface area (Å²) in [6.45, 7) is 5.27. The molecule has 1 aromatic rings. The molecule has 0 spiro atoms. The first kappa shape index (κ1) is 19.5. The molecule has 1 aromatic carbocycles. The molecule has 1 aliphatic carbocycles. The number of anilines is 1. The van der Waals surface area contributed by atoms with E-state index < -0.39 is 0 Å². The number of hydrogen-bond donors (Lipinski definition) is 2. The molecular weight excluding hydrogens is 340 g/mol. The minimum Gasteiger partial charge on any atom is -0.508 e. The number of aromatic hydroxyl groups is 1. The second-order valence-corrected chi connectivity index (χ2v) is 7.76. The predicted molar refractivity (Wildman–Crippen MR) is 105 cm³/mol. The van der Waals surface area contributed by atoms with Crippen LogP contribution in [0.1, 0.15) is 38.5 Å². The zero-order chi connectivity index (χ0) is 19.1. The summed E-state index contributed by atoms with van der Waals surface area (Å²) in [7, 11) is 0. The molecule has 146 valence electrons. The Labute approximate surface area is 161 Å². The normalized spacial score (nSPS) is 23.6. The van der Waals surface area contributed by atoms with Gasteiger partial charge in [-0.05, 0) is 56.7 Å². The van der Waals surface area contributed by atoms with E-state index in [0.717, 1.165) is 57.2 Å². The van der Waals surface area contributed by atoms with Crippen LogP contribution in [-0.4, -0.2) is 54.7 Å². The van der Waals surface area contributed by atoms with Crippen molar-refractivity contribution in [1.29, 1.82) is 5.26 Å². The van der Waals surface area contributed by atoms with Gasteiger partial charge in [0.2, 0.25) is 5.91 Å². The van der Waals surface area contributed by atoms with Crippen molar-refractivity contribution in [3.05, 3.63) is 24.3 Å². The summed E-state index contributed by atoms with van der Waals surface area (Å²) in [4.78, 5) is 16.4. The quantitative estimate of drug-likeness (QED) is 0.804. The zero-order valence-corrected chi connectivity index (χ0v) is 15.9. The fourth-order valence-electron chi connectivity index (χ4n) is 4.23. The Kier molecular flexibility index (Phi) is 6.94. The van der Waals surface area contributed by atoms with E-state index in [1.807, 2.05) is 18.2 Å². The minimum atomic E-state index is -0.134. The number of benzene rings is 1. The molecule has 1 saturated heterocycles. The van der Waals surface area contributed by atoms with Crippen LogP contribution in [-0.2, 0) is 4.79 Å². The van der Waals surface area contributed by atoms with Crippen LogP contribution in [0.25, 0.3) is 0 Å². The second-order valence-electron chi connectivity index (χ2n) is 7.76. The molecule has 1 heterocycles. The average molecular weight is 370 g/mol. The molecule has 2 fully saturated rings. The lowest BCUT2D eigenvalue weighted by Gasteiger charge is -2.37. The highest BCUT2D eigenvalue weighted by molar-refractivity contribution is 5.78. The fraction of sp³-hybridized carbons (Fsp3) is 0.619. The van der Waals surface area contributed by atoms with Crippen molar-refractivity contribution in [2.24, 2.45) is 5.92 Å². The third-order valence-electron chi connectivity index (χ3n) is 5.87. The number of hydrogen-bond acceptors (Lipinski definition) is 5. The van der Waals surface area contributed by atoms with Crippen LogP contribution in [0, 0.1) is 17.2 Å². The fourth-order valence-corrected chi connectivity index (χ4v) is 4.23. The molecule has 0 aromatic heterocycles. The lowest BCUT2D eigenvalue weighted by molar-refractivity contribution is -0.121. The summed E-state index contributed by atoms with van der Waals surface area (Å²) >= 11 is 0. The van der Waals surface area contributed by atoms with Gasteiger partial charge in [-0.3, -0.25) is 9.69 Å². The highest BCUT2D eigenvalue weighted by Crippen LogP contribution is 2.27. The zero-order valence-electron chi connectivity index (χ0n) is 15.9. The summed E-state index contributed by atoms with van der Waals surface area (Å²) in [5, 5.41) is 21.2. The van der Waals surface area contributed by atoms with E-state index in [4.69, 9.17) is 5.26 Å². The van der Waals surface area contributed by atoms with E-state index in [2.05, 4.69) is 21.2 Å². The first-order valence-corrected chi connectivity index (χ1v) is 10.1. The van der Waals surface area contributed by atoms with E-state index in [9.17, 15) is 9.90 Å². The number of phenols is 1. The molecule has 0 radical (unpaired) electrons. The molecule has 3 rings (SSSR count). The van der Waals surface area contributed by atoms with Gasteiger partial charge in [-0.2, -0.15) is 5.26 Å². The van der Waals surface area contributed by atoms with Crippen molar-refractivity contribution >= 4 is 11.6 Å². The number of rotatable bonds is 6. The van der Waals surface area contributed by atoms with Gasteiger partial charge in [0.1, 0.15) is 12.2 Å². The summed E-state index contributed by atoms with van der Waals surface area (Å²) in [6.07, 6.45) is 5.60. The summed E-state index contributed by atoms with van der Waals surface area (Å²) in [6, 6.07) is 9.67. The maximum Gasteiger partial charge on any atom is 0.234 e. The molecule has 0 unspecified atom stereocenters. The number of carbonyl (C=O) groups is 1. The molecule has 27 heavy (non-hydrogen) atoms. The maximum atomic E-state index is 11.5. The van der Waals surface area contributed by atoms with Gasteiger partial charge in [-0.1, -0.05) is 6.07 Å². The predicted octanol–water partition coefficient (Wildman–Crippen LogP) is 2.49. The van der Waals surface area contributed by atoms with E-state index in [1.54, 1.807) is 6.07 Å². The van der Waals surface area contributed by atoms with Crippen molar-refractivity contribution < 1.29 is 9.90 Å². The van der Waals surface area contributed by atoms with Crippen LogP contribution in [0.15, 0.2) is 24.3 Å². The van der Waals surface area contributed by atoms with Crippen LogP contribution < -0.4 is 10.2 Å². The Balaban J connectivity index is 1.33.